The predicted octanol–water partition coefficient (Wildman–Crippen LogP) is 1.29. The second-order valence-electron chi connectivity index (χ2n) is 3.43. The van der Waals surface area contributed by atoms with Crippen molar-refractivity contribution in [2.75, 3.05) is 24.6 Å². The van der Waals surface area contributed by atoms with Crippen molar-refractivity contribution in [1.29, 1.82) is 0 Å². The number of carboxylic acids is 1. The van der Waals surface area contributed by atoms with Gasteiger partial charge in [-0.25, -0.2) is 0 Å². The molecule has 0 aromatic heterocycles. The molecule has 0 amide bonds. The monoisotopic (exact) mass is 203 g/mol. The molecule has 1 saturated heterocycles. The van der Waals surface area contributed by atoms with E-state index in [0.29, 0.717) is 12.5 Å². The molecule has 0 aromatic rings. The first-order valence-electron chi connectivity index (χ1n) is 4.73. The fourth-order valence-corrected chi connectivity index (χ4v) is 2.46. The number of nitrogens with zero attached hydrogens (tertiary/aromatic N) is 1. The van der Waals surface area contributed by atoms with Gasteiger partial charge < -0.3 is 5.11 Å². The molecule has 13 heavy (non-hydrogen) atoms. The van der Waals surface area contributed by atoms with Crippen LogP contribution in [0.3, 0.4) is 0 Å². The normalized spacial score (nSPS) is 21.3. The molecule has 76 valence electrons. The minimum absolute atomic E-state index is 0.296. The second kappa shape index (κ2) is 5.50. The third-order valence-corrected chi connectivity index (χ3v) is 3.39. The van der Waals surface area contributed by atoms with Crippen molar-refractivity contribution in [2.45, 2.75) is 25.8 Å². The second-order valence-corrected chi connectivity index (χ2v) is 4.65. The van der Waals surface area contributed by atoms with Gasteiger partial charge in [0.15, 0.2) is 0 Å². The Kier molecular flexibility index (Phi) is 4.59. The van der Waals surface area contributed by atoms with Crippen LogP contribution in [0, 0.1) is 0 Å². The van der Waals surface area contributed by atoms with Crippen LogP contribution in [0.15, 0.2) is 0 Å². The highest BCUT2D eigenvalue weighted by Crippen LogP contribution is 2.14. The first-order valence-corrected chi connectivity index (χ1v) is 5.89. The van der Waals surface area contributed by atoms with Gasteiger partial charge in [0.2, 0.25) is 0 Å². The van der Waals surface area contributed by atoms with Crippen molar-refractivity contribution in [2.24, 2.45) is 0 Å². The van der Waals surface area contributed by atoms with Gasteiger partial charge in [-0.05, 0) is 13.3 Å². The number of hydrogen-bond acceptors (Lipinski definition) is 3. The van der Waals surface area contributed by atoms with E-state index >= 15 is 0 Å². The molecule has 1 aliphatic rings. The number of hydrogen-bond donors (Lipinski definition) is 1. The van der Waals surface area contributed by atoms with E-state index in [0.717, 1.165) is 19.5 Å². The van der Waals surface area contributed by atoms with Crippen molar-refractivity contribution < 1.29 is 9.90 Å². The molecule has 1 unspecified atom stereocenters. The average molecular weight is 203 g/mol. The number of thioether (sulfide) groups is 1. The van der Waals surface area contributed by atoms with Crippen LogP contribution in [-0.4, -0.2) is 46.6 Å². The van der Waals surface area contributed by atoms with E-state index in [9.17, 15) is 4.79 Å². The highest BCUT2D eigenvalue weighted by Gasteiger charge is 2.17. The zero-order valence-corrected chi connectivity index (χ0v) is 8.85. The van der Waals surface area contributed by atoms with Crippen molar-refractivity contribution in [1.82, 2.24) is 4.90 Å². The lowest BCUT2D eigenvalue weighted by Crippen LogP contribution is -2.39. The minimum atomic E-state index is -0.682. The average Bonchev–Trinajstić information content (AvgIpc) is 2.15. The van der Waals surface area contributed by atoms with Gasteiger partial charge in [0.1, 0.15) is 0 Å². The predicted molar refractivity (Wildman–Crippen MR) is 55.2 cm³/mol. The first-order chi connectivity index (χ1) is 6.20. The summed E-state index contributed by atoms with van der Waals surface area (Å²) in [5, 5.41) is 8.54. The number of aliphatic carboxylic acids is 1. The molecule has 1 rings (SSSR count). The smallest absolute Gasteiger partial charge is 0.303 e. The summed E-state index contributed by atoms with van der Waals surface area (Å²) in [5.74, 6) is 1.70. The van der Waals surface area contributed by atoms with E-state index in [1.54, 1.807) is 0 Å². The van der Waals surface area contributed by atoms with E-state index < -0.39 is 5.97 Å². The molecule has 0 radical (unpaired) electrons. The van der Waals surface area contributed by atoms with E-state index in [-0.39, 0.29) is 0 Å². The van der Waals surface area contributed by atoms with Gasteiger partial charge >= 0.3 is 5.97 Å². The van der Waals surface area contributed by atoms with Crippen LogP contribution < -0.4 is 0 Å². The summed E-state index contributed by atoms with van der Waals surface area (Å²) in [4.78, 5) is 12.8. The maximum atomic E-state index is 10.4. The van der Waals surface area contributed by atoms with Gasteiger partial charge in [-0.3, -0.25) is 9.69 Å². The summed E-state index contributed by atoms with van der Waals surface area (Å²) in [6.45, 7) is 4.36. The lowest BCUT2D eigenvalue weighted by atomic mass is 10.1. The zero-order chi connectivity index (χ0) is 9.68. The zero-order valence-electron chi connectivity index (χ0n) is 8.03. The molecule has 1 aliphatic heterocycles. The third kappa shape index (κ3) is 4.00. The van der Waals surface area contributed by atoms with Crippen molar-refractivity contribution >= 4 is 17.7 Å². The Morgan fingerprint density at radius 3 is 2.69 bits per heavy atom. The Morgan fingerprint density at radius 2 is 2.15 bits per heavy atom. The molecule has 0 saturated carbocycles. The van der Waals surface area contributed by atoms with E-state index in [2.05, 4.69) is 11.8 Å². The van der Waals surface area contributed by atoms with Crippen LogP contribution in [-0.2, 0) is 4.79 Å². The fraction of sp³-hybridized carbons (Fsp3) is 0.889. The van der Waals surface area contributed by atoms with E-state index in [1.807, 2.05) is 11.8 Å². The summed E-state index contributed by atoms with van der Waals surface area (Å²) in [7, 11) is 0. The Morgan fingerprint density at radius 1 is 1.54 bits per heavy atom. The molecule has 3 nitrogen and oxygen atoms in total. The Balaban J connectivity index is 2.20. The van der Waals surface area contributed by atoms with E-state index in [1.165, 1.54) is 11.5 Å². The van der Waals surface area contributed by atoms with Gasteiger partial charge in [0.05, 0.1) is 0 Å². The fourth-order valence-electron chi connectivity index (χ4n) is 1.53. The maximum Gasteiger partial charge on any atom is 0.303 e. The lowest BCUT2D eigenvalue weighted by Gasteiger charge is -2.31. The van der Waals surface area contributed by atoms with Crippen LogP contribution in [0.2, 0.25) is 0 Å². The number of carboxylic acid groups (broad SMARTS) is 1. The van der Waals surface area contributed by atoms with Crippen molar-refractivity contribution in [3.63, 3.8) is 0 Å². The Bertz CT molecular complexity index is 169. The molecule has 1 N–H and O–H groups in total. The topological polar surface area (TPSA) is 40.5 Å². The summed E-state index contributed by atoms with van der Waals surface area (Å²) >= 11 is 1.98. The van der Waals surface area contributed by atoms with Crippen LogP contribution in [0.1, 0.15) is 19.8 Å². The van der Waals surface area contributed by atoms with Gasteiger partial charge in [-0.15, -0.1) is 0 Å². The molecule has 0 aromatic carbocycles. The van der Waals surface area contributed by atoms with Gasteiger partial charge in [0, 0.05) is 37.1 Å². The SMILES string of the molecule is CC(CCC(=O)O)N1CCSCC1. The van der Waals surface area contributed by atoms with Crippen LogP contribution in [0.4, 0.5) is 0 Å². The molecule has 4 heteroatoms. The molecule has 0 spiro atoms. The van der Waals surface area contributed by atoms with Crippen LogP contribution >= 0.6 is 11.8 Å². The molecule has 1 atom stereocenters. The molecule has 1 fully saturated rings. The number of rotatable bonds is 4. The Labute approximate surface area is 83.5 Å². The van der Waals surface area contributed by atoms with Crippen molar-refractivity contribution in [3.8, 4) is 0 Å². The summed E-state index contributed by atoms with van der Waals surface area (Å²) in [6.07, 6.45) is 1.07. The largest absolute Gasteiger partial charge is 0.481 e. The highest BCUT2D eigenvalue weighted by molar-refractivity contribution is 7.99. The minimum Gasteiger partial charge on any atom is -0.481 e. The molecular formula is C9H17NO2S. The summed E-state index contributed by atoms with van der Waals surface area (Å²) in [6, 6.07) is 0.428. The standard InChI is InChI=1S/C9H17NO2S/c1-8(2-3-9(11)12)10-4-6-13-7-5-10/h8H,2-7H2,1H3,(H,11,12). The molecular weight excluding hydrogens is 186 g/mol. The Hall–Kier alpha value is -0.220. The van der Waals surface area contributed by atoms with Gasteiger partial charge in [0.25, 0.3) is 0 Å². The highest BCUT2D eigenvalue weighted by atomic mass is 32.2. The van der Waals surface area contributed by atoms with Gasteiger partial charge in [-0.2, -0.15) is 11.8 Å². The van der Waals surface area contributed by atoms with Crippen LogP contribution in [0.5, 0.6) is 0 Å². The van der Waals surface area contributed by atoms with Crippen LogP contribution in [0.25, 0.3) is 0 Å². The van der Waals surface area contributed by atoms with Crippen molar-refractivity contribution in [3.05, 3.63) is 0 Å². The molecule has 0 aliphatic carbocycles. The van der Waals surface area contributed by atoms with Gasteiger partial charge in [-0.1, -0.05) is 0 Å². The lowest BCUT2D eigenvalue weighted by molar-refractivity contribution is -0.137. The maximum absolute atomic E-state index is 10.4. The number of carbonyl (C=O) groups is 1. The summed E-state index contributed by atoms with van der Waals surface area (Å²) in [5.41, 5.74) is 0. The third-order valence-electron chi connectivity index (χ3n) is 2.45. The van der Waals surface area contributed by atoms with E-state index in [4.69, 9.17) is 5.11 Å². The summed E-state index contributed by atoms with van der Waals surface area (Å²) < 4.78 is 0. The first kappa shape index (κ1) is 10.9. The quantitative estimate of drug-likeness (QED) is 0.747. The molecule has 1 heterocycles. The molecule has 0 bridgehead atoms.